The molecule has 0 bridgehead atoms. The van der Waals surface area contributed by atoms with E-state index in [-0.39, 0.29) is 12.4 Å². The molecular weight excluding hydrogens is 335 g/mol. The van der Waals surface area contributed by atoms with E-state index < -0.39 is 6.10 Å². The van der Waals surface area contributed by atoms with Gasteiger partial charge in [0.1, 0.15) is 30.0 Å². The number of β-amino-alcohol motifs (C(OH)–C–C–N with tert-alkyl or cyclic N) is 1. The summed E-state index contributed by atoms with van der Waals surface area (Å²) in [6.45, 7) is 4.24. The van der Waals surface area contributed by atoms with Crippen LogP contribution in [0.25, 0.3) is 0 Å². The van der Waals surface area contributed by atoms with Gasteiger partial charge in [-0.25, -0.2) is 4.39 Å². The van der Waals surface area contributed by atoms with Crippen LogP contribution in [0, 0.1) is 5.82 Å². The molecule has 1 heterocycles. The molecule has 1 aliphatic rings. The molecular formula is C20H25FN2O3. The van der Waals surface area contributed by atoms with Crippen molar-refractivity contribution in [3.63, 3.8) is 0 Å². The van der Waals surface area contributed by atoms with Crippen molar-refractivity contribution in [2.45, 2.75) is 6.10 Å². The minimum Gasteiger partial charge on any atom is -0.495 e. The largest absolute Gasteiger partial charge is 0.495 e. The zero-order chi connectivity index (χ0) is 18.4. The molecule has 1 aliphatic heterocycles. The van der Waals surface area contributed by atoms with E-state index in [1.807, 2.05) is 18.2 Å². The quantitative estimate of drug-likeness (QED) is 0.822. The topological polar surface area (TPSA) is 45.2 Å². The Morgan fingerprint density at radius 3 is 2.42 bits per heavy atom. The second-order valence-corrected chi connectivity index (χ2v) is 6.38. The van der Waals surface area contributed by atoms with Gasteiger partial charge in [0.2, 0.25) is 0 Å². The van der Waals surface area contributed by atoms with Crippen molar-refractivity contribution in [3.05, 3.63) is 54.3 Å². The molecule has 0 aromatic heterocycles. The van der Waals surface area contributed by atoms with Crippen molar-refractivity contribution in [1.82, 2.24) is 4.90 Å². The van der Waals surface area contributed by atoms with Crippen molar-refractivity contribution in [3.8, 4) is 11.5 Å². The number of benzene rings is 2. The summed E-state index contributed by atoms with van der Waals surface area (Å²) in [7, 11) is 1.69. The molecule has 1 saturated heterocycles. The second-order valence-electron chi connectivity index (χ2n) is 6.38. The Labute approximate surface area is 153 Å². The average Bonchev–Trinajstić information content (AvgIpc) is 2.68. The lowest BCUT2D eigenvalue weighted by atomic mass is 10.2. The molecule has 26 heavy (non-hydrogen) atoms. The lowest BCUT2D eigenvalue weighted by Crippen LogP contribution is -2.49. The smallest absolute Gasteiger partial charge is 0.142 e. The van der Waals surface area contributed by atoms with E-state index in [0.29, 0.717) is 12.3 Å². The summed E-state index contributed by atoms with van der Waals surface area (Å²) in [6, 6.07) is 13.8. The van der Waals surface area contributed by atoms with Gasteiger partial charge < -0.3 is 19.5 Å². The number of anilines is 1. The molecule has 2 aromatic carbocycles. The van der Waals surface area contributed by atoms with Gasteiger partial charge in [0.15, 0.2) is 0 Å². The summed E-state index contributed by atoms with van der Waals surface area (Å²) in [5.41, 5.74) is 1.11. The molecule has 5 nitrogen and oxygen atoms in total. The predicted octanol–water partition coefficient (Wildman–Crippen LogP) is 2.40. The number of hydrogen-bond donors (Lipinski definition) is 1. The van der Waals surface area contributed by atoms with E-state index in [1.54, 1.807) is 19.2 Å². The van der Waals surface area contributed by atoms with Gasteiger partial charge in [0, 0.05) is 32.7 Å². The number of para-hydroxylation sites is 2. The number of aliphatic hydroxyl groups excluding tert-OH is 1. The molecule has 1 fully saturated rings. The molecule has 0 unspecified atom stereocenters. The Bertz CT molecular complexity index is 688. The molecule has 1 atom stereocenters. The average molecular weight is 360 g/mol. The van der Waals surface area contributed by atoms with E-state index in [9.17, 15) is 9.50 Å². The Balaban J connectivity index is 1.44. The molecule has 0 spiro atoms. The highest BCUT2D eigenvalue weighted by Gasteiger charge is 2.21. The van der Waals surface area contributed by atoms with E-state index >= 15 is 0 Å². The van der Waals surface area contributed by atoms with Gasteiger partial charge >= 0.3 is 0 Å². The lowest BCUT2D eigenvalue weighted by molar-refractivity contribution is 0.0662. The standard InChI is InChI=1S/C20H25FN2O3/c1-25-20-5-3-2-4-19(20)23-12-10-22(11-13-23)14-17(24)15-26-18-8-6-16(21)7-9-18/h2-9,17,24H,10-15H2,1H3/t17-/m1/s1. The van der Waals surface area contributed by atoms with Crippen LogP contribution in [0.3, 0.4) is 0 Å². The van der Waals surface area contributed by atoms with Gasteiger partial charge in [-0.05, 0) is 36.4 Å². The van der Waals surface area contributed by atoms with Crippen LogP contribution in [0.15, 0.2) is 48.5 Å². The molecule has 0 radical (unpaired) electrons. The summed E-state index contributed by atoms with van der Waals surface area (Å²) in [4.78, 5) is 4.53. The predicted molar refractivity (Wildman–Crippen MR) is 99.5 cm³/mol. The fourth-order valence-corrected chi connectivity index (χ4v) is 3.14. The zero-order valence-corrected chi connectivity index (χ0v) is 15.0. The number of hydrogen-bond acceptors (Lipinski definition) is 5. The lowest BCUT2D eigenvalue weighted by Gasteiger charge is -2.37. The Hall–Kier alpha value is -2.31. The maximum Gasteiger partial charge on any atom is 0.142 e. The maximum atomic E-state index is 12.9. The SMILES string of the molecule is COc1ccccc1N1CCN(C[C@@H](O)COc2ccc(F)cc2)CC1. The highest BCUT2D eigenvalue weighted by molar-refractivity contribution is 5.58. The minimum absolute atomic E-state index is 0.193. The molecule has 3 rings (SSSR count). The summed E-state index contributed by atoms with van der Waals surface area (Å²) in [6.07, 6.45) is -0.585. The molecule has 2 aromatic rings. The van der Waals surface area contributed by atoms with Crippen LogP contribution in [0.2, 0.25) is 0 Å². The summed E-state index contributed by atoms with van der Waals surface area (Å²) >= 11 is 0. The van der Waals surface area contributed by atoms with Crippen LogP contribution >= 0.6 is 0 Å². The first-order chi connectivity index (χ1) is 12.7. The molecule has 0 saturated carbocycles. The van der Waals surface area contributed by atoms with E-state index in [1.165, 1.54) is 12.1 Å². The van der Waals surface area contributed by atoms with Gasteiger partial charge in [0.05, 0.1) is 12.8 Å². The Kier molecular flexibility index (Phi) is 6.30. The highest BCUT2D eigenvalue weighted by atomic mass is 19.1. The van der Waals surface area contributed by atoms with Gasteiger partial charge in [0.25, 0.3) is 0 Å². The van der Waals surface area contributed by atoms with Crippen LogP contribution in [0.5, 0.6) is 11.5 Å². The Morgan fingerprint density at radius 2 is 1.73 bits per heavy atom. The number of ether oxygens (including phenoxy) is 2. The van der Waals surface area contributed by atoms with E-state index in [4.69, 9.17) is 9.47 Å². The summed E-state index contributed by atoms with van der Waals surface area (Å²) < 4.78 is 23.8. The van der Waals surface area contributed by atoms with Crippen molar-refractivity contribution in [2.75, 3.05) is 51.3 Å². The van der Waals surface area contributed by atoms with Crippen molar-refractivity contribution >= 4 is 5.69 Å². The van der Waals surface area contributed by atoms with Crippen molar-refractivity contribution < 1.29 is 19.0 Å². The first-order valence-electron chi connectivity index (χ1n) is 8.82. The number of rotatable bonds is 7. The number of methoxy groups -OCH3 is 1. The fourth-order valence-electron chi connectivity index (χ4n) is 3.14. The number of piperazine rings is 1. The molecule has 0 aliphatic carbocycles. The first kappa shape index (κ1) is 18.5. The third-order valence-corrected chi connectivity index (χ3v) is 4.52. The van der Waals surface area contributed by atoms with Crippen molar-refractivity contribution in [1.29, 1.82) is 0 Å². The third kappa shape index (κ3) is 4.86. The van der Waals surface area contributed by atoms with Gasteiger partial charge in [-0.1, -0.05) is 12.1 Å². The van der Waals surface area contributed by atoms with Crippen LogP contribution in [0.1, 0.15) is 0 Å². The zero-order valence-electron chi connectivity index (χ0n) is 15.0. The molecule has 6 heteroatoms. The summed E-state index contributed by atoms with van der Waals surface area (Å²) in [5.74, 6) is 1.14. The van der Waals surface area contributed by atoms with Crippen molar-refractivity contribution in [2.24, 2.45) is 0 Å². The van der Waals surface area contributed by atoms with Crippen LogP contribution in [0.4, 0.5) is 10.1 Å². The van der Waals surface area contributed by atoms with Crippen LogP contribution in [-0.4, -0.2) is 62.6 Å². The maximum absolute atomic E-state index is 12.9. The number of aliphatic hydroxyl groups is 1. The van der Waals surface area contributed by atoms with Crippen LogP contribution < -0.4 is 14.4 Å². The monoisotopic (exact) mass is 360 g/mol. The number of nitrogens with zero attached hydrogens (tertiary/aromatic N) is 2. The van der Waals surface area contributed by atoms with E-state index in [2.05, 4.69) is 15.9 Å². The normalized spacial score (nSPS) is 16.3. The minimum atomic E-state index is -0.585. The van der Waals surface area contributed by atoms with Gasteiger partial charge in [-0.15, -0.1) is 0 Å². The molecule has 140 valence electrons. The van der Waals surface area contributed by atoms with Crippen LogP contribution in [-0.2, 0) is 0 Å². The second kappa shape index (κ2) is 8.87. The fraction of sp³-hybridized carbons (Fsp3) is 0.400. The molecule has 1 N–H and O–H groups in total. The highest BCUT2D eigenvalue weighted by Crippen LogP contribution is 2.28. The Morgan fingerprint density at radius 1 is 1.04 bits per heavy atom. The first-order valence-corrected chi connectivity index (χ1v) is 8.82. The third-order valence-electron chi connectivity index (χ3n) is 4.52. The van der Waals surface area contributed by atoms with Gasteiger partial charge in [-0.2, -0.15) is 0 Å². The molecule has 0 amide bonds. The summed E-state index contributed by atoms with van der Waals surface area (Å²) in [5, 5.41) is 10.2. The number of halogens is 1. The van der Waals surface area contributed by atoms with E-state index in [0.717, 1.165) is 37.6 Å². The van der Waals surface area contributed by atoms with Gasteiger partial charge in [-0.3, -0.25) is 4.90 Å².